The fourth-order valence-electron chi connectivity index (χ4n) is 2.58. The molecular weight excluding hydrogens is 535 g/mol. The molecular formula is C23H17BrCl2N2O5. The van der Waals surface area contributed by atoms with Gasteiger partial charge in [-0.2, -0.15) is 5.10 Å². The molecule has 0 aliphatic rings. The van der Waals surface area contributed by atoms with Crippen LogP contribution < -0.4 is 19.6 Å². The molecule has 10 heteroatoms. The third-order valence-corrected chi connectivity index (χ3v) is 5.36. The van der Waals surface area contributed by atoms with Crippen LogP contribution in [0.2, 0.25) is 10.0 Å². The van der Waals surface area contributed by atoms with Crippen molar-refractivity contribution < 1.29 is 23.8 Å². The van der Waals surface area contributed by atoms with E-state index in [2.05, 4.69) is 26.5 Å². The molecule has 0 saturated carbocycles. The van der Waals surface area contributed by atoms with Gasteiger partial charge in [0.15, 0.2) is 18.1 Å². The predicted octanol–water partition coefficient (Wildman–Crippen LogP) is 5.51. The van der Waals surface area contributed by atoms with Gasteiger partial charge in [0.1, 0.15) is 5.75 Å². The number of carbonyl (C=O) groups excluding carboxylic acids is 2. The number of carbonyl (C=O) groups is 2. The van der Waals surface area contributed by atoms with E-state index >= 15 is 0 Å². The summed E-state index contributed by atoms with van der Waals surface area (Å²) in [7, 11) is 1.45. The van der Waals surface area contributed by atoms with Crippen LogP contribution in [0.25, 0.3) is 0 Å². The van der Waals surface area contributed by atoms with Crippen LogP contribution in [0.5, 0.6) is 17.2 Å². The number of esters is 1. The van der Waals surface area contributed by atoms with Crippen LogP contribution in [0.4, 0.5) is 0 Å². The van der Waals surface area contributed by atoms with E-state index in [-0.39, 0.29) is 12.4 Å². The summed E-state index contributed by atoms with van der Waals surface area (Å²) in [6.07, 6.45) is 1.41. The van der Waals surface area contributed by atoms with Crippen LogP contribution in [0.15, 0.2) is 70.2 Å². The second-order valence-corrected chi connectivity index (χ2v) is 8.13. The molecule has 3 aromatic carbocycles. The SMILES string of the molecule is COc1cc(C=NNC(=O)COc2ccc(Cl)cc2Cl)ccc1OC(=O)c1ccccc1Br. The Morgan fingerprint density at radius 1 is 1.03 bits per heavy atom. The van der Waals surface area contributed by atoms with Gasteiger partial charge in [-0.05, 0) is 70.0 Å². The first-order valence-corrected chi connectivity index (χ1v) is 11.0. The van der Waals surface area contributed by atoms with Gasteiger partial charge in [-0.15, -0.1) is 0 Å². The minimum atomic E-state index is -0.532. The molecule has 0 aromatic heterocycles. The van der Waals surface area contributed by atoms with Crippen molar-refractivity contribution in [2.75, 3.05) is 13.7 Å². The smallest absolute Gasteiger partial charge is 0.344 e. The number of hydrogen-bond donors (Lipinski definition) is 1. The molecule has 1 N–H and O–H groups in total. The van der Waals surface area contributed by atoms with Gasteiger partial charge in [-0.25, -0.2) is 10.2 Å². The molecule has 0 spiro atoms. The van der Waals surface area contributed by atoms with Crippen molar-refractivity contribution in [2.45, 2.75) is 0 Å². The molecule has 1 amide bonds. The minimum absolute atomic E-state index is 0.243. The lowest BCUT2D eigenvalue weighted by Gasteiger charge is -2.10. The summed E-state index contributed by atoms with van der Waals surface area (Å²) in [5, 5.41) is 4.65. The van der Waals surface area contributed by atoms with Crippen LogP contribution in [-0.2, 0) is 4.79 Å². The number of halogens is 3. The molecule has 0 radical (unpaired) electrons. The lowest BCUT2D eigenvalue weighted by atomic mass is 10.2. The van der Waals surface area contributed by atoms with Gasteiger partial charge in [-0.3, -0.25) is 4.79 Å². The normalized spacial score (nSPS) is 10.7. The maximum absolute atomic E-state index is 12.4. The fraction of sp³-hybridized carbons (Fsp3) is 0.0870. The zero-order valence-electron chi connectivity index (χ0n) is 17.2. The lowest BCUT2D eigenvalue weighted by Crippen LogP contribution is -2.24. The Bertz CT molecular complexity index is 1200. The zero-order valence-corrected chi connectivity index (χ0v) is 20.3. The van der Waals surface area contributed by atoms with Crippen molar-refractivity contribution in [3.63, 3.8) is 0 Å². The van der Waals surface area contributed by atoms with Gasteiger partial charge < -0.3 is 14.2 Å². The van der Waals surface area contributed by atoms with Gasteiger partial charge in [0.25, 0.3) is 5.91 Å². The number of ether oxygens (including phenoxy) is 3. The van der Waals surface area contributed by atoms with E-state index in [0.29, 0.717) is 37.1 Å². The minimum Gasteiger partial charge on any atom is -0.493 e. The second kappa shape index (κ2) is 11.7. The van der Waals surface area contributed by atoms with Crippen LogP contribution in [-0.4, -0.2) is 31.8 Å². The van der Waals surface area contributed by atoms with Crippen molar-refractivity contribution in [2.24, 2.45) is 5.10 Å². The van der Waals surface area contributed by atoms with E-state index in [4.69, 9.17) is 37.4 Å². The Morgan fingerprint density at radius 3 is 2.52 bits per heavy atom. The van der Waals surface area contributed by atoms with Crippen molar-refractivity contribution >= 4 is 57.2 Å². The van der Waals surface area contributed by atoms with Gasteiger partial charge in [0.2, 0.25) is 0 Å². The number of hydrogen-bond acceptors (Lipinski definition) is 6. The number of nitrogens with one attached hydrogen (secondary N) is 1. The molecule has 0 atom stereocenters. The molecule has 0 aliphatic heterocycles. The Balaban J connectivity index is 1.58. The number of rotatable bonds is 8. The quantitative estimate of drug-likeness (QED) is 0.172. The van der Waals surface area contributed by atoms with E-state index in [1.54, 1.807) is 54.6 Å². The Morgan fingerprint density at radius 2 is 1.79 bits per heavy atom. The summed E-state index contributed by atoms with van der Waals surface area (Å²) in [6, 6.07) is 16.5. The van der Waals surface area contributed by atoms with Crippen LogP contribution in [0.3, 0.4) is 0 Å². The highest BCUT2D eigenvalue weighted by Crippen LogP contribution is 2.29. The molecule has 33 heavy (non-hydrogen) atoms. The van der Waals surface area contributed by atoms with Crippen molar-refractivity contribution in [3.05, 3.63) is 86.3 Å². The first kappa shape index (κ1) is 24.6. The fourth-order valence-corrected chi connectivity index (χ4v) is 3.49. The van der Waals surface area contributed by atoms with E-state index in [9.17, 15) is 9.59 Å². The standard InChI is InChI=1S/C23H17BrCl2N2O5/c1-31-21-10-14(6-8-20(21)33-23(30)16-4-2-3-5-17(16)24)12-27-28-22(29)13-32-19-9-7-15(25)11-18(19)26/h2-12H,13H2,1H3,(H,28,29). The summed E-state index contributed by atoms with van der Waals surface area (Å²) in [4.78, 5) is 24.4. The number of benzene rings is 3. The zero-order chi connectivity index (χ0) is 23.8. The first-order chi connectivity index (χ1) is 15.9. The van der Waals surface area contributed by atoms with Gasteiger partial charge in [0, 0.05) is 9.50 Å². The summed E-state index contributed by atoms with van der Waals surface area (Å²) in [6.45, 7) is -0.286. The summed E-state index contributed by atoms with van der Waals surface area (Å²) < 4.78 is 16.7. The Labute approximate surface area is 208 Å². The molecule has 3 rings (SSSR count). The van der Waals surface area contributed by atoms with E-state index < -0.39 is 11.9 Å². The summed E-state index contributed by atoms with van der Waals surface area (Å²) in [5.41, 5.74) is 3.34. The monoisotopic (exact) mass is 550 g/mol. The maximum atomic E-state index is 12.4. The van der Waals surface area contributed by atoms with Crippen molar-refractivity contribution in [1.82, 2.24) is 5.43 Å². The molecule has 3 aromatic rings. The highest BCUT2D eigenvalue weighted by Gasteiger charge is 2.15. The highest BCUT2D eigenvalue weighted by atomic mass is 79.9. The first-order valence-electron chi connectivity index (χ1n) is 9.42. The van der Waals surface area contributed by atoms with Gasteiger partial charge >= 0.3 is 5.97 Å². The van der Waals surface area contributed by atoms with Crippen molar-refractivity contribution in [1.29, 1.82) is 0 Å². The molecule has 0 bridgehead atoms. The third-order valence-electron chi connectivity index (χ3n) is 4.14. The molecule has 0 aliphatic carbocycles. The van der Waals surface area contributed by atoms with E-state index in [0.717, 1.165) is 0 Å². The topological polar surface area (TPSA) is 86.2 Å². The van der Waals surface area contributed by atoms with Crippen LogP contribution in [0, 0.1) is 0 Å². The third kappa shape index (κ3) is 6.95. The lowest BCUT2D eigenvalue weighted by molar-refractivity contribution is -0.123. The average molecular weight is 552 g/mol. The Kier molecular flexibility index (Phi) is 8.71. The second-order valence-electron chi connectivity index (χ2n) is 6.44. The summed E-state index contributed by atoms with van der Waals surface area (Å²) >= 11 is 15.1. The number of nitrogens with zero attached hydrogens (tertiary/aromatic N) is 1. The number of methoxy groups -OCH3 is 1. The predicted molar refractivity (Wildman–Crippen MR) is 130 cm³/mol. The summed E-state index contributed by atoms with van der Waals surface area (Å²) in [5.74, 6) is -0.116. The van der Waals surface area contributed by atoms with Gasteiger partial charge in [0.05, 0.1) is 23.9 Å². The number of amides is 1. The highest BCUT2D eigenvalue weighted by molar-refractivity contribution is 9.10. The molecule has 7 nitrogen and oxygen atoms in total. The molecule has 0 heterocycles. The molecule has 0 saturated heterocycles. The van der Waals surface area contributed by atoms with Gasteiger partial charge in [-0.1, -0.05) is 35.3 Å². The largest absolute Gasteiger partial charge is 0.493 e. The molecule has 0 unspecified atom stereocenters. The van der Waals surface area contributed by atoms with E-state index in [1.807, 2.05) is 0 Å². The Hall–Kier alpha value is -3.07. The number of hydrazone groups is 1. The maximum Gasteiger partial charge on any atom is 0.344 e. The van der Waals surface area contributed by atoms with Crippen LogP contribution >= 0.6 is 39.1 Å². The average Bonchev–Trinajstić information content (AvgIpc) is 2.79. The van der Waals surface area contributed by atoms with Crippen LogP contribution in [0.1, 0.15) is 15.9 Å². The molecule has 0 fully saturated rings. The van der Waals surface area contributed by atoms with Crippen molar-refractivity contribution in [3.8, 4) is 17.2 Å². The van der Waals surface area contributed by atoms with E-state index in [1.165, 1.54) is 19.4 Å². The molecule has 170 valence electrons.